The number of carbonyl (C=O) groups is 1. The maximum atomic E-state index is 11.2. The number of hydrogen-bond acceptors (Lipinski definition) is 5. The van der Waals surface area contributed by atoms with Gasteiger partial charge in [-0.2, -0.15) is 0 Å². The van der Waals surface area contributed by atoms with Crippen molar-refractivity contribution < 1.29 is 14.3 Å². The second-order valence-corrected chi connectivity index (χ2v) is 4.18. The standard InChI is InChI=1S/C13H17N3O3/c1-16-11(8-14-12(16)15-13(17)19-3)9-4-6-10(18-2)7-5-9/h4-7,11H,8H2,1-3H3,(H,14,15,17). The van der Waals surface area contributed by atoms with Crippen molar-refractivity contribution in [3.63, 3.8) is 0 Å². The van der Waals surface area contributed by atoms with E-state index in [0.717, 1.165) is 11.3 Å². The van der Waals surface area contributed by atoms with Crippen LogP contribution in [0.1, 0.15) is 11.6 Å². The van der Waals surface area contributed by atoms with E-state index in [-0.39, 0.29) is 6.04 Å². The molecular weight excluding hydrogens is 246 g/mol. The number of nitrogens with zero attached hydrogens (tertiary/aromatic N) is 2. The van der Waals surface area contributed by atoms with Gasteiger partial charge in [0.1, 0.15) is 5.75 Å². The van der Waals surface area contributed by atoms with Crippen molar-refractivity contribution in [1.29, 1.82) is 0 Å². The van der Waals surface area contributed by atoms with E-state index in [1.54, 1.807) is 7.11 Å². The maximum Gasteiger partial charge on any atom is 0.413 e. The summed E-state index contributed by atoms with van der Waals surface area (Å²) in [6.45, 7) is 0.599. The van der Waals surface area contributed by atoms with Crippen LogP contribution >= 0.6 is 0 Å². The van der Waals surface area contributed by atoms with Crippen LogP contribution in [-0.2, 0) is 4.74 Å². The molecule has 1 aliphatic heterocycles. The minimum absolute atomic E-state index is 0.109. The van der Waals surface area contributed by atoms with E-state index in [0.29, 0.717) is 12.5 Å². The number of hydrogen-bond donors (Lipinski definition) is 1. The zero-order chi connectivity index (χ0) is 13.8. The SMILES string of the molecule is COC(=O)NC1=NCC(c2ccc(OC)cc2)N1C. The number of carbonyl (C=O) groups excluding carboxylic acids is 1. The summed E-state index contributed by atoms with van der Waals surface area (Å²) < 4.78 is 9.69. The molecule has 0 spiro atoms. The van der Waals surface area contributed by atoms with Gasteiger partial charge in [-0.15, -0.1) is 0 Å². The Bertz CT molecular complexity index is 484. The molecular formula is C13H17N3O3. The van der Waals surface area contributed by atoms with Crippen LogP contribution < -0.4 is 10.1 Å². The zero-order valence-corrected chi connectivity index (χ0v) is 11.2. The lowest BCUT2D eigenvalue weighted by molar-refractivity contribution is 0.175. The summed E-state index contributed by atoms with van der Waals surface area (Å²) in [5, 5.41) is 2.59. The van der Waals surface area contributed by atoms with Crippen LogP contribution in [0.4, 0.5) is 4.79 Å². The second kappa shape index (κ2) is 5.60. The Hall–Kier alpha value is -2.24. The van der Waals surface area contributed by atoms with Crippen molar-refractivity contribution in [1.82, 2.24) is 10.2 Å². The van der Waals surface area contributed by atoms with Gasteiger partial charge in [0.15, 0.2) is 0 Å². The van der Waals surface area contributed by atoms with E-state index in [4.69, 9.17) is 4.74 Å². The molecule has 0 aliphatic carbocycles. The van der Waals surface area contributed by atoms with Gasteiger partial charge in [-0.25, -0.2) is 4.79 Å². The van der Waals surface area contributed by atoms with E-state index in [2.05, 4.69) is 15.0 Å². The molecule has 0 saturated carbocycles. The highest BCUT2D eigenvalue weighted by Crippen LogP contribution is 2.25. The highest BCUT2D eigenvalue weighted by molar-refractivity contribution is 5.94. The Labute approximate surface area is 112 Å². The molecule has 0 fully saturated rings. The lowest BCUT2D eigenvalue weighted by Crippen LogP contribution is -2.40. The molecule has 1 aromatic carbocycles. The Morgan fingerprint density at radius 1 is 1.37 bits per heavy atom. The quantitative estimate of drug-likeness (QED) is 0.876. The second-order valence-electron chi connectivity index (χ2n) is 4.18. The summed E-state index contributed by atoms with van der Waals surface area (Å²) in [4.78, 5) is 17.4. The zero-order valence-electron chi connectivity index (χ0n) is 11.2. The minimum atomic E-state index is -0.513. The predicted molar refractivity (Wildman–Crippen MR) is 71.3 cm³/mol. The first-order valence-electron chi connectivity index (χ1n) is 5.92. The number of guanidine groups is 1. The third-order valence-corrected chi connectivity index (χ3v) is 3.12. The fraction of sp³-hybridized carbons (Fsp3) is 0.385. The van der Waals surface area contributed by atoms with Crippen molar-refractivity contribution >= 4 is 12.1 Å². The van der Waals surface area contributed by atoms with E-state index in [9.17, 15) is 4.79 Å². The Morgan fingerprint density at radius 3 is 2.63 bits per heavy atom. The molecule has 102 valence electrons. The Balaban J connectivity index is 2.06. The molecule has 6 heteroatoms. The van der Waals surface area contributed by atoms with Crippen molar-refractivity contribution in [3.8, 4) is 5.75 Å². The third-order valence-electron chi connectivity index (χ3n) is 3.12. The number of aliphatic imine (C=N–C) groups is 1. The summed E-state index contributed by atoms with van der Waals surface area (Å²) in [5.74, 6) is 1.34. The summed E-state index contributed by atoms with van der Waals surface area (Å²) in [7, 11) is 4.85. The number of amides is 1. The summed E-state index contributed by atoms with van der Waals surface area (Å²) in [6.07, 6.45) is -0.513. The predicted octanol–water partition coefficient (Wildman–Crippen LogP) is 1.39. The van der Waals surface area contributed by atoms with Crippen LogP contribution in [0.2, 0.25) is 0 Å². The lowest BCUT2D eigenvalue weighted by Gasteiger charge is -2.23. The van der Waals surface area contributed by atoms with E-state index in [1.807, 2.05) is 36.2 Å². The highest BCUT2D eigenvalue weighted by Gasteiger charge is 2.27. The number of ether oxygens (including phenoxy) is 2. The highest BCUT2D eigenvalue weighted by atomic mass is 16.5. The third kappa shape index (κ3) is 2.78. The molecule has 19 heavy (non-hydrogen) atoms. The van der Waals surface area contributed by atoms with E-state index < -0.39 is 6.09 Å². The molecule has 0 aromatic heterocycles. The van der Waals surface area contributed by atoms with Crippen LogP contribution in [-0.4, -0.2) is 44.8 Å². The first-order chi connectivity index (χ1) is 9.15. The molecule has 0 radical (unpaired) electrons. The topological polar surface area (TPSA) is 63.2 Å². The number of nitrogens with one attached hydrogen (secondary N) is 1. The molecule has 0 saturated heterocycles. The summed E-state index contributed by atoms with van der Waals surface area (Å²) in [6, 6.07) is 7.93. The Morgan fingerprint density at radius 2 is 2.05 bits per heavy atom. The first-order valence-corrected chi connectivity index (χ1v) is 5.92. The van der Waals surface area contributed by atoms with Crippen LogP contribution in [0.3, 0.4) is 0 Å². The molecule has 0 bridgehead atoms. The van der Waals surface area contributed by atoms with Crippen LogP contribution in [0, 0.1) is 0 Å². The molecule has 1 atom stereocenters. The molecule has 1 amide bonds. The van der Waals surface area contributed by atoms with Gasteiger partial charge in [-0.05, 0) is 17.7 Å². The summed E-state index contributed by atoms with van der Waals surface area (Å²) >= 11 is 0. The molecule has 1 aromatic rings. The smallest absolute Gasteiger partial charge is 0.413 e. The fourth-order valence-electron chi connectivity index (χ4n) is 1.98. The molecule has 6 nitrogen and oxygen atoms in total. The molecule has 1 unspecified atom stereocenters. The molecule has 2 rings (SSSR count). The lowest BCUT2D eigenvalue weighted by atomic mass is 10.1. The van der Waals surface area contributed by atoms with Crippen molar-refractivity contribution in [2.45, 2.75) is 6.04 Å². The van der Waals surface area contributed by atoms with Gasteiger partial charge < -0.3 is 14.4 Å². The molecule has 1 aliphatic rings. The van der Waals surface area contributed by atoms with Gasteiger partial charge in [0.25, 0.3) is 0 Å². The monoisotopic (exact) mass is 263 g/mol. The molecule has 1 N–H and O–H groups in total. The largest absolute Gasteiger partial charge is 0.497 e. The number of benzene rings is 1. The molecule has 1 heterocycles. The Kier molecular flexibility index (Phi) is 3.89. The van der Waals surface area contributed by atoms with Gasteiger partial charge in [-0.1, -0.05) is 12.1 Å². The van der Waals surface area contributed by atoms with Gasteiger partial charge in [-0.3, -0.25) is 10.3 Å². The maximum absolute atomic E-state index is 11.2. The minimum Gasteiger partial charge on any atom is -0.497 e. The van der Waals surface area contributed by atoms with Crippen LogP contribution in [0.15, 0.2) is 29.3 Å². The van der Waals surface area contributed by atoms with Gasteiger partial charge >= 0.3 is 6.09 Å². The number of likely N-dealkylation sites (N-methyl/N-ethyl adjacent to an activating group) is 1. The van der Waals surface area contributed by atoms with E-state index in [1.165, 1.54) is 7.11 Å². The van der Waals surface area contributed by atoms with Crippen molar-refractivity contribution in [3.05, 3.63) is 29.8 Å². The van der Waals surface area contributed by atoms with Crippen molar-refractivity contribution in [2.75, 3.05) is 27.8 Å². The average molecular weight is 263 g/mol. The van der Waals surface area contributed by atoms with Gasteiger partial charge in [0.2, 0.25) is 5.96 Å². The fourth-order valence-corrected chi connectivity index (χ4v) is 1.98. The first kappa shape index (κ1) is 13.2. The number of methoxy groups -OCH3 is 2. The van der Waals surface area contributed by atoms with Gasteiger partial charge in [0.05, 0.1) is 26.8 Å². The average Bonchev–Trinajstić information content (AvgIpc) is 2.80. The van der Waals surface area contributed by atoms with Gasteiger partial charge in [0, 0.05) is 7.05 Å². The number of rotatable bonds is 2. The van der Waals surface area contributed by atoms with Crippen molar-refractivity contribution in [2.24, 2.45) is 4.99 Å². The summed E-state index contributed by atoms with van der Waals surface area (Å²) in [5.41, 5.74) is 1.12. The van der Waals surface area contributed by atoms with Crippen LogP contribution in [0.25, 0.3) is 0 Å². The van der Waals surface area contributed by atoms with E-state index >= 15 is 0 Å². The number of alkyl carbamates (subject to hydrolysis) is 1. The van der Waals surface area contributed by atoms with Crippen LogP contribution in [0.5, 0.6) is 5.75 Å². The normalized spacial score (nSPS) is 17.9.